The van der Waals surface area contributed by atoms with Crippen molar-refractivity contribution in [3.05, 3.63) is 170 Å². The molecule has 218 valence electrons. The Balaban J connectivity index is 1.16. The van der Waals surface area contributed by atoms with Crippen LogP contribution in [-0.4, -0.2) is 0 Å². The smallest absolute Gasteiger partial charge is 0.0361 e. The van der Waals surface area contributed by atoms with Gasteiger partial charge in [0.25, 0.3) is 0 Å². The van der Waals surface area contributed by atoms with Crippen molar-refractivity contribution in [2.45, 2.75) is 0 Å². The van der Waals surface area contributed by atoms with E-state index in [1.807, 2.05) is 11.3 Å². The number of benzene rings is 9. The second-order valence-corrected chi connectivity index (χ2v) is 13.6. The van der Waals surface area contributed by atoms with E-state index in [9.17, 15) is 0 Å². The molecule has 10 rings (SSSR count). The molecular formula is C46H28S. The molecular weight excluding hydrogens is 585 g/mol. The Morgan fingerprint density at radius 2 is 0.745 bits per heavy atom. The summed E-state index contributed by atoms with van der Waals surface area (Å²) in [6.07, 6.45) is 0. The van der Waals surface area contributed by atoms with Crippen molar-refractivity contribution in [3.63, 3.8) is 0 Å². The molecule has 0 nitrogen and oxygen atoms in total. The van der Waals surface area contributed by atoms with Crippen molar-refractivity contribution in [1.82, 2.24) is 0 Å². The van der Waals surface area contributed by atoms with Gasteiger partial charge in [0.15, 0.2) is 0 Å². The van der Waals surface area contributed by atoms with E-state index in [4.69, 9.17) is 0 Å². The fourth-order valence-electron chi connectivity index (χ4n) is 7.59. The maximum absolute atomic E-state index is 2.38. The van der Waals surface area contributed by atoms with E-state index in [2.05, 4.69) is 170 Å². The minimum atomic E-state index is 1.23. The quantitative estimate of drug-likeness (QED) is 0.174. The molecule has 47 heavy (non-hydrogen) atoms. The highest BCUT2D eigenvalue weighted by atomic mass is 32.1. The Morgan fingerprint density at radius 3 is 1.43 bits per heavy atom. The van der Waals surface area contributed by atoms with E-state index in [0.29, 0.717) is 0 Å². The minimum Gasteiger partial charge on any atom is -0.135 e. The van der Waals surface area contributed by atoms with Crippen LogP contribution in [0.2, 0.25) is 0 Å². The van der Waals surface area contributed by atoms with Crippen molar-refractivity contribution in [2.24, 2.45) is 0 Å². The maximum atomic E-state index is 2.38. The van der Waals surface area contributed by atoms with E-state index in [1.165, 1.54) is 96.6 Å². The molecule has 0 aliphatic carbocycles. The molecule has 0 amide bonds. The fraction of sp³-hybridized carbons (Fsp3) is 0. The van der Waals surface area contributed by atoms with Gasteiger partial charge in [-0.3, -0.25) is 0 Å². The van der Waals surface area contributed by atoms with Gasteiger partial charge >= 0.3 is 0 Å². The number of thiophene rings is 1. The second-order valence-electron chi connectivity index (χ2n) is 12.5. The van der Waals surface area contributed by atoms with Gasteiger partial charge in [-0.2, -0.15) is 0 Å². The standard InChI is InChI=1S/C46H28S/c1-2-11-30-24-36(21-20-29(30)10-1)46-40-18-7-5-16-38(40)45(39-17-6-8-19-41(39)46)35-15-9-14-31(25-35)34-22-23-37-42-26-32-12-3-4-13-33(32)27-44(42)47-43(37)28-34/h1-28H. The van der Waals surface area contributed by atoms with Crippen LogP contribution < -0.4 is 0 Å². The van der Waals surface area contributed by atoms with Crippen LogP contribution in [0.3, 0.4) is 0 Å². The maximum Gasteiger partial charge on any atom is 0.0361 e. The summed E-state index contributed by atoms with van der Waals surface area (Å²) >= 11 is 1.89. The van der Waals surface area contributed by atoms with Crippen molar-refractivity contribution in [2.75, 3.05) is 0 Å². The first-order valence-corrected chi connectivity index (χ1v) is 17.0. The Hall–Kier alpha value is -5.76. The molecule has 1 aromatic heterocycles. The average molecular weight is 613 g/mol. The van der Waals surface area contributed by atoms with Gasteiger partial charge in [-0.1, -0.05) is 140 Å². The molecule has 9 aromatic carbocycles. The normalized spacial score (nSPS) is 11.8. The van der Waals surface area contributed by atoms with Gasteiger partial charge in [-0.25, -0.2) is 0 Å². The third-order valence-electron chi connectivity index (χ3n) is 9.79. The van der Waals surface area contributed by atoms with Gasteiger partial charge in [0, 0.05) is 20.2 Å². The summed E-state index contributed by atoms with van der Waals surface area (Å²) in [5.41, 5.74) is 7.56. The molecule has 0 aliphatic heterocycles. The first-order chi connectivity index (χ1) is 23.3. The second kappa shape index (κ2) is 10.4. The Morgan fingerprint density at radius 1 is 0.255 bits per heavy atom. The summed E-state index contributed by atoms with van der Waals surface area (Å²) in [5, 5.41) is 12.9. The van der Waals surface area contributed by atoms with Gasteiger partial charge in [-0.05, 0) is 107 Å². The van der Waals surface area contributed by atoms with Crippen LogP contribution in [0.1, 0.15) is 0 Å². The van der Waals surface area contributed by atoms with E-state index < -0.39 is 0 Å². The molecule has 0 aliphatic rings. The third-order valence-corrected chi connectivity index (χ3v) is 10.9. The zero-order chi connectivity index (χ0) is 30.9. The molecule has 0 atom stereocenters. The van der Waals surface area contributed by atoms with E-state index in [-0.39, 0.29) is 0 Å². The Bertz CT molecular complexity index is 2800. The molecule has 0 spiro atoms. The largest absolute Gasteiger partial charge is 0.135 e. The number of rotatable bonds is 3. The topological polar surface area (TPSA) is 0 Å². The summed E-state index contributed by atoms with van der Waals surface area (Å²) in [5.74, 6) is 0. The van der Waals surface area contributed by atoms with Crippen molar-refractivity contribution < 1.29 is 0 Å². The fourth-order valence-corrected chi connectivity index (χ4v) is 8.77. The summed E-state index contributed by atoms with van der Waals surface area (Å²) in [4.78, 5) is 0. The molecule has 0 radical (unpaired) electrons. The molecule has 0 fully saturated rings. The first-order valence-electron chi connectivity index (χ1n) is 16.2. The van der Waals surface area contributed by atoms with E-state index >= 15 is 0 Å². The van der Waals surface area contributed by atoms with Crippen molar-refractivity contribution >= 4 is 74.6 Å². The highest BCUT2D eigenvalue weighted by Crippen LogP contribution is 2.45. The van der Waals surface area contributed by atoms with Gasteiger partial charge in [0.2, 0.25) is 0 Å². The zero-order valence-corrected chi connectivity index (χ0v) is 26.4. The van der Waals surface area contributed by atoms with Crippen LogP contribution in [0.15, 0.2) is 170 Å². The lowest BCUT2D eigenvalue weighted by atomic mass is 9.85. The summed E-state index contributed by atoms with van der Waals surface area (Å²) in [6, 6.07) is 62.8. The monoisotopic (exact) mass is 612 g/mol. The number of fused-ring (bicyclic) bond motifs is 7. The van der Waals surface area contributed by atoms with Crippen LogP contribution in [0.25, 0.3) is 96.6 Å². The highest BCUT2D eigenvalue weighted by molar-refractivity contribution is 7.25. The van der Waals surface area contributed by atoms with Crippen molar-refractivity contribution in [1.29, 1.82) is 0 Å². The summed E-state index contributed by atoms with van der Waals surface area (Å²) in [6.45, 7) is 0. The molecule has 1 heteroatoms. The van der Waals surface area contributed by atoms with Crippen LogP contribution in [0.5, 0.6) is 0 Å². The lowest BCUT2D eigenvalue weighted by molar-refractivity contribution is 1.63. The third kappa shape index (κ3) is 4.21. The Kier molecular flexibility index (Phi) is 5.85. The Labute approximate surface area is 276 Å². The average Bonchev–Trinajstić information content (AvgIpc) is 3.49. The predicted molar refractivity (Wildman–Crippen MR) is 206 cm³/mol. The molecule has 0 saturated heterocycles. The van der Waals surface area contributed by atoms with Gasteiger partial charge in [-0.15, -0.1) is 11.3 Å². The van der Waals surface area contributed by atoms with Crippen LogP contribution in [0, 0.1) is 0 Å². The van der Waals surface area contributed by atoms with Gasteiger partial charge in [0.1, 0.15) is 0 Å². The van der Waals surface area contributed by atoms with Crippen LogP contribution in [0.4, 0.5) is 0 Å². The zero-order valence-electron chi connectivity index (χ0n) is 25.6. The van der Waals surface area contributed by atoms with Gasteiger partial charge in [0.05, 0.1) is 0 Å². The van der Waals surface area contributed by atoms with Crippen LogP contribution >= 0.6 is 11.3 Å². The summed E-state index contributed by atoms with van der Waals surface area (Å²) < 4.78 is 2.67. The minimum absolute atomic E-state index is 1.23. The molecule has 0 unspecified atom stereocenters. The van der Waals surface area contributed by atoms with Gasteiger partial charge < -0.3 is 0 Å². The number of hydrogen-bond acceptors (Lipinski definition) is 1. The van der Waals surface area contributed by atoms with Crippen molar-refractivity contribution in [3.8, 4) is 33.4 Å². The highest BCUT2D eigenvalue weighted by Gasteiger charge is 2.17. The SMILES string of the molecule is c1cc(-c2ccc3c(c2)sc2cc4ccccc4cc23)cc(-c2c3ccccc3c(-c3ccc4ccccc4c3)c3ccccc23)c1. The molecule has 0 N–H and O–H groups in total. The molecule has 0 saturated carbocycles. The molecule has 10 aromatic rings. The number of hydrogen-bond donors (Lipinski definition) is 0. The summed E-state index contributed by atoms with van der Waals surface area (Å²) in [7, 11) is 0. The lowest BCUT2D eigenvalue weighted by Gasteiger charge is -2.18. The molecule has 1 heterocycles. The molecule has 0 bridgehead atoms. The predicted octanol–water partition coefficient (Wildman–Crippen LogP) is 13.7. The lowest BCUT2D eigenvalue weighted by Crippen LogP contribution is -1.91. The first kappa shape index (κ1) is 26.5. The van der Waals surface area contributed by atoms with Crippen LogP contribution in [-0.2, 0) is 0 Å². The van der Waals surface area contributed by atoms with E-state index in [1.54, 1.807) is 0 Å². The van der Waals surface area contributed by atoms with E-state index in [0.717, 1.165) is 0 Å².